The summed E-state index contributed by atoms with van der Waals surface area (Å²) in [5, 5.41) is 9.01. The molecule has 4 heteroatoms. The first-order chi connectivity index (χ1) is 9.72. The van der Waals surface area contributed by atoms with E-state index in [9.17, 15) is 4.79 Å². The Morgan fingerprint density at radius 1 is 1.00 bits per heavy atom. The molecular formula is C16H16O4. The van der Waals surface area contributed by atoms with E-state index >= 15 is 0 Å². The van der Waals surface area contributed by atoms with Crippen LogP contribution in [0.5, 0.6) is 5.75 Å². The van der Waals surface area contributed by atoms with Crippen LogP contribution in [0, 0.1) is 0 Å². The fourth-order valence-electron chi connectivity index (χ4n) is 1.75. The van der Waals surface area contributed by atoms with E-state index in [1.54, 1.807) is 12.1 Å². The zero-order valence-corrected chi connectivity index (χ0v) is 11.2. The van der Waals surface area contributed by atoms with Crippen LogP contribution < -0.4 is 4.74 Å². The number of rotatable bonds is 5. The first-order valence-electron chi connectivity index (χ1n) is 6.23. The summed E-state index contributed by atoms with van der Waals surface area (Å²) in [7, 11) is 1.32. The maximum atomic E-state index is 11.0. The van der Waals surface area contributed by atoms with E-state index in [2.05, 4.69) is 4.74 Å². The predicted molar refractivity (Wildman–Crippen MR) is 75.3 cm³/mol. The van der Waals surface area contributed by atoms with Crippen molar-refractivity contribution in [2.24, 2.45) is 0 Å². The summed E-state index contributed by atoms with van der Waals surface area (Å²) in [6.45, 7) is -0.0539. The Bertz CT molecular complexity index is 558. The summed E-state index contributed by atoms with van der Waals surface area (Å²) in [4.78, 5) is 11.0. The van der Waals surface area contributed by atoms with Crippen molar-refractivity contribution in [3.63, 3.8) is 0 Å². The van der Waals surface area contributed by atoms with Gasteiger partial charge in [0.25, 0.3) is 0 Å². The highest BCUT2D eigenvalue weighted by Crippen LogP contribution is 2.22. The van der Waals surface area contributed by atoms with E-state index in [4.69, 9.17) is 9.84 Å². The topological polar surface area (TPSA) is 55.8 Å². The van der Waals surface area contributed by atoms with Gasteiger partial charge >= 0.3 is 5.97 Å². The maximum absolute atomic E-state index is 11.0. The highest BCUT2D eigenvalue weighted by atomic mass is 16.6. The standard InChI is InChI=1S/C16H16O4/c1-19-16(18)11-20-15-8-6-14(7-9-15)13-4-2-12(10-17)3-5-13/h2-9,17H,10-11H2,1H3. The molecule has 0 aromatic heterocycles. The van der Waals surface area contributed by atoms with Gasteiger partial charge in [-0.05, 0) is 28.8 Å². The van der Waals surface area contributed by atoms with Crippen molar-refractivity contribution < 1.29 is 19.4 Å². The van der Waals surface area contributed by atoms with Crippen molar-refractivity contribution in [2.45, 2.75) is 6.61 Å². The van der Waals surface area contributed by atoms with Gasteiger partial charge in [0.2, 0.25) is 0 Å². The molecule has 2 rings (SSSR count). The average Bonchev–Trinajstić information content (AvgIpc) is 2.53. The molecule has 0 radical (unpaired) electrons. The molecule has 2 aromatic rings. The van der Waals surface area contributed by atoms with Gasteiger partial charge in [-0.2, -0.15) is 0 Å². The lowest BCUT2D eigenvalue weighted by Crippen LogP contribution is -2.12. The summed E-state index contributed by atoms with van der Waals surface area (Å²) in [6, 6.07) is 15.1. The number of aliphatic hydroxyl groups excluding tert-OH is 1. The molecule has 0 aliphatic heterocycles. The lowest BCUT2D eigenvalue weighted by atomic mass is 10.0. The Balaban J connectivity index is 2.05. The Hall–Kier alpha value is -2.33. The Kier molecular flexibility index (Phi) is 4.74. The van der Waals surface area contributed by atoms with Gasteiger partial charge < -0.3 is 14.6 Å². The number of carbonyl (C=O) groups is 1. The Morgan fingerprint density at radius 2 is 1.55 bits per heavy atom. The highest BCUT2D eigenvalue weighted by Gasteiger charge is 2.02. The Morgan fingerprint density at radius 3 is 2.05 bits per heavy atom. The predicted octanol–water partition coefficient (Wildman–Crippen LogP) is 2.40. The van der Waals surface area contributed by atoms with E-state index in [0.717, 1.165) is 16.7 Å². The third-order valence-electron chi connectivity index (χ3n) is 2.91. The van der Waals surface area contributed by atoms with Crippen LogP contribution in [0.25, 0.3) is 11.1 Å². The minimum atomic E-state index is -0.409. The summed E-state index contributed by atoms with van der Waals surface area (Å²) < 4.78 is 9.78. The lowest BCUT2D eigenvalue weighted by molar-refractivity contribution is -0.142. The smallest absolute Gasteiger partial charge is 0.343 e. The number of esters is 1. The Labute approximate surface area is 117 Å². The molecule has 2 aromatic carbocycles. The number of ether oxygens (including phenoxy) is 2. The quantitative estimate of drug-likeness (QED) is 0.849. The molecule has 1 N–H and O–H groups in total. The van der Waals surface area contributed by atoms with Gasteiger partial charge in [-0.25, -0.2) is 4.79 Å². The fraction of sp³-hybridized carbons (Fsp3) is 0.188. The summed E-state index contributed by atoms with van der Waals surface area (Å²) >= 11 is 0. The van der Waals surface area contributed by atoms with Crippen LogP contribution in [0.4, 0.5) is 0 Å². The molecule has 104 valence electrons. The van der Waals surface area contributed by atoms with Gasteiger partial charge in [-0.1, -0.05) is 36.4 Å². The molecule has 0 unspecified atom stereocenters. The van der Waals surface area contributed by atoms with Crippen molar-refractivity contribution in [1.29, 1.82) is 0 Å². The first kappa shape index (κ1) is 14.1. The molecule has 0 bridgehead atoms. The zero-order valence-electron chi connectivity index (χ0n) is 11.2. The molecule has 20 heavy (non-hydrogen) atoms. The van der Waals surface area contributed by atoms with Gasteiger partial charge in [-0.3, -0.25) is 0 Å². The largest absolute Gasteiger partial charge is 0.482 e. The molecule has 4 nitrogen and oxygen atoms in total. The van der Waals surface area contributed by atoms with Crippen molar-refractivity contribution >= 4 is 5.97 Å². The van der Waals surface area contributed by atoms with Gasteiger partial charge in [-0.15, -0.1) is 0 Å². The number of aliphatic hydroxyl groups is 1. The highest BCUT2D eigenvalue weighted by molar-refractivity contribution is 5.71. The number of carbonyl (C=O) groups excluding carboxylic acids is 1. The number of methoxy groups -OCH3 is 1. The van der Waals surface area contributed by atoms with Crippen LogP contribution in [0.15, 0.2) is 48.5 Å². The summed E-state index contributed by atoms with van der Waals surface area (Å²) in [6.07, 6.45) is 0. The third kappa shape index (κ3) is 3.59. The van der Waals surface area contributed by atoms with Crippen molar-refractivity contribution in [3.05, 3.63) is 54.1 Å². The molecule has 0 saturated heterocycles. The lowest BCUT2D eigenvalue weighted by Gasteiger charge is -2.07. The van der Waals surface area contributed by atoms with Crippen LogP contribution >= 0.6 is 0 Å². The van der Waals surface area contributed by atoms with Crippen molar-refractivity contribution in [3.8, 4) is 16.9 Å². The second-order valence-corrected chi connectivity index (χ2v) is 4.24. The van der Waals surface area contributed by atoms with E-state index in [1.165, 1.54) is 7.11 Å². The number of benzene rings is 2. The fourth-order valence-corrected chi connectivity index (χ4v) is 1.75. The van der Waals surface area contributed by atoms with Crippen molar-refractivity contribution in [1.82, 2.24) is 0 Å². The number of hydrogen-bond acceptors (Lipinski definition) is 4. The van der Waals surface area contributed by atoms with Crippen LogP contribution in [-0.4, -0.2) is 24.8 Å². The molecule has 0 heterocycles. The minimum Gasteiger partial charge on any atom is -0.482 e. The second kappa shape index (κ2) is 6.73. The van der Waals surface area contributed by atoms with E-state index < -0.39 is 5.97 Å². The van der Waals surface area contributed by atoms with Crippen LogP contribution in [0.1, 0.15) is 5.56 Å². The minimum absolute atomic E-state index is 0.0422. The van der Waals surface area contributed by atoms with E-state index in [0.29, 0.717) is 5.75 Å². The summed E-state index contributed by atoms with van der Waals surface area (Å²) in [5.74, 6) is 0.208. The molecule has 0 fully saturated rings. The third-order valence-corrected chi connectivity index (χ3v) is 2.91. The molecule has 0 aliphatic rings. The molecule has 0 saturated carbocycles. The van der Waals surface area contributed by atoms with Gasteiger partial charge in [0.05, 0.1) is 13.7 Å². The number of hydrogen-bond donors (Lipinski definition) is 1. The van der Waals surface area contributed by atoms with Crippen molar-refractivity contribution in [2.75, 3.05) is 13.7 Å². The average molecular weight is 272 g/mol. The van der Waals surface area contributed by atoms with Gasteiger partial charge in [0.15, 0.2) is 6.61 Å². The van der Waals surface area contributed by atoms with Crippen LogP contribution in [-0.2, 0) is 16.1 Å². The molecular weight excluding hydrogens is 256 g/mol. The van der Waals surface area contributed by atoms with Crippen LogP contribution in [0.3, 0.4) is 0 Å². The van der Waals surface area contributed by atoms with Crippen LogP contribution in [0.2, 0.25) is 0 Å². The van der Waals surface area contributed by atoms with Gasteiger partial charge in [0, 0.05) is 0 Å². The maximum Gasteiger partial charge on any atom is 0.343 e. The first-order valence-corrected chi connectivity index (χ1v) is 6.23. The molecule has 0 atom stereocenters. The summed E-state index contributed by atoms with van der Waals surface area (Å²) in [5.41, 5.74) is 2.98. The SMILES string of the molecule is COC(=O)COc1ccc(-c2ccc(CO)cc2)cc1. The molecule has 0 amide bonds. The zero-order chi connectivity index (χ0) is 14.4. The van der Waals surface area contributed by atoms with E-state index in [1.807, 2.05) is 36.4 Å². The monoisotopic (exact) mass is 272 g/mol. The molecule has 0 spiro atoms. The van der Waals surface area contributed by atoms with E-state index in [-0.39, 0.29) is 13.2 Å². The molecule has 0 aliphatic carbocycles. The normalized spacial score (nSPS) is 10.1. The second-order valence-electron chi connectivity index (χ2n) is 4.24. The van der Waals surface area contributed by atoms with Gasteiger partial charge in [0.1, 0.15) is 5.75 Å².